The van der Waals surface area contributed by atoms with E-state index in [9.17, 15) is 17.9 Å². The fraction of sp³-hybridized carbons (Fsp3) is 0.455. The fourth-order valence-electron chi connectivity index (χ4n) is 1.62. The minimum atomic E-state index is -3.76. The molecule has 0 aromatic heterocycles. The van der Waals surface area contributed by atoms with Crippen LogP contribution in [0.3, 0.4) is 0 Å². The molecule has 0 bridgehead atoms. The van der Waals surface area contributed by atoms with Gasteiger partial charge >= 0.3 is 0 Å². The normalized spacial score (nSPS) is 17.7. The molecule has 1 aromatic carbocycles. The van der Waals surface area contributed by atoms with Crippen molar-refractivity contribution in [2.45, 2.75) is 23.8 Å². The van der Waals surface area contributed by atoms with Crippen molar-refractivity contribution in [1.82, 2.24) is 4.72 Å². The van der Waals surface area contributed by atoms with E-state index >= 15 is 0 Å². The monoisotopic (exact) mass is 274 g/mol. The lowest BCUT2D eigenvalue weighted by Gasteiger charge is -2.11. The molecule has 1 unspecified atom stereocenters. The van der Waals surface area contributed by atoms with E-state index in [4.69, 9.17) is 5.73 Å². The highest BCUT2D eigenvalue weighted by molar-refractivity contribution is 7.89. The SMILES string of the molecule is Nc1cc(S(=O)(=O)NCC(O)C2CC2)ccc1F. The van der Waals surface area contributed by atoms with Crippen molar-refractivity contribution in [2.24, 2.45) is 5.92 Å². The van der Waals surface area contributed by atoms with Crippen LogP contribution in [0.25, 0.3) is 0 Å². The Bertz CT molecular complexity index is 543. The van der Waals surface area contributed by atoms with E-state index in [0.29, 0.717) is 0 Å². The highest BCUT2D eigenvalue weighted by Gasteiger charge is 2.30. The Morgan fingerprint density at radius 2 is 2.17 bits per heavy atom. The Balaban J connectivity index is 2.07. The van der Waals surface area contributed by atoms with Gasteiger partial charge in [-0.2, -0.15) is 0 Å². The summed E-state index contributed by atoms with van der Waals surface area (Å²) in [7, 11) is -3.76. The average molecular weight is 274 g/mol. The number of aliphatic hydroxyl groups excluding tert-OH is 1. The molecule has 4 N–H and O–H groups in total. The second-order valence-electron chi connectivity index (χ2n) is 4.44. The summed E-state index contributed by atoms with van der Waals surface area (Å²) in [5, 5.41) is 9.59. The number of benzene rings is 1. The number of rotatable bonds is 5. The Morgan fingerprint density at radius 3 is 2.72 bits per heavy atom. The third-order valence-electron chi connectivity index (χ3n) is 2.93. The van der Waals surface area contributed by atoms with Crippen molar-refractivity contribution >= 4 is 15.7 Å². The number of nitrogens with two attached hydrogens (primary N) is 1. The first-order chi connectivity index (χ1) is 8.40. The molecule has 100 valence electrons. The molecular weight excluding hydrogens is 259 g/mol. The Labute approximate surface area is 105 Å². The van der Waals surface area contributed by atoms with Crippen molar-refractivity contribution in [2.75, 3.05) is 12.3 Å². The van der Waals surface area contributed by atoms with Gasteiger partial charge in [-0.05, 0) is 37.0 Å². The molecule has 0 amide bonds. The summed E-state index contributed by atoms with van der Waals surface area (Å²) in [6.07, 6.45) is 1.18. The lowest BCUT2D eigenvalue weighted by Crippen LogP contribution is -2.33. The number of hydrogen-bond donors (Lipinski definition) is 3. The van der Waals surface area contributed by atoms with Gasteiger partial charge in [-0.3, -0.25) is 0 Å². The molecule has 0 aliphatic heterocycles. The van der Waals surface area contributed by atoms with Gasteiger partial charge in [-0.1, -0.05) is 0 Å². The summed E-state index contributed by atoms with van der Waals surface area (Å²) in [5.74, 6) is -0.474. The Hall–Kier alpha value is -1.18. The molecule has 0 spiro atoms. The second-order valence-corrected chi connectivity index (χ2v) is 6.21. The summed E-state index contributed by atoms with van der Waals surface area (Å²) in [5.41, 5.74) is 5.09. The summed E-state index contributed by atoms with van der Waals surface area (Å²) in [4.78, 5) is -0.107. The zero-order chi connectivity index (χ0) is 13.3. The number of nitrogen functional groups attached to an aromatic ring is 1. The fourth-order valence-corrected chi connectivity index (χ4v) is 2.70. The highest BCUT2D eigenvalue weighted by Crippen LogP contribution is 2.32. The lowest BCUT2D eigenvalue weighted by molar-refractivity contribution is 0.155. The number of hydrogen-bond acceptors (Lipinski definition) is 4. The standard InChI is InChI=1S/C11H15FN2O3S/c12-9-4-3-8(5-10(9)13)18(16,17)14-6-11(15)7-1-2-7/h3-5,7,11,14-15H,1-2,6,13H2. The summed E-state index contributed by atoms with van der Waals surface area (Å²) in [6.45, 7) is -0.0374. The lowest BCUT2D eigenvalue weighted by atomic mass is 10.2. The van der Waals surface area contributed by atoms with Gasteiger partial charge in [0.1, 0.15) is 5.82 Å². The minimum absolute atomic E-state index is 0.0374. The third-order valence-corrected chi connectivity index (χ3v) is 4.35. The largest absolute Gasteiger partial charge is 0.396 e. The topological polar surface area (TPSA) is 92.4 Å². The zero-order valence-corrected chi connectivity index (χ0v) is 10.5. The van der Waals surface area contributed by atoms with Crippen LogP contribution in [0.15, 0.2) is 23.1 Å². The van der Waals surface area contributed by atoms with E-state index < -0.39 is 21.9 Å². The summed E-state index contributed by atoms with van der Waals surface area (Å²) in [6, 6.07) is 3.19. The molecule has 0 heterocycles. The van der Waals surface area contributed by atoms with Gasteiger partial charge in [0, 0.05) is 6.54 Å². The molecule has 1 aliphatic carbocycles. The van der Waals surface area contributed by atoms with E-state index in [2.05, 4.69) is 4.72 Å². The summed E-state index contributed by atoms with van der Waals surface area (Å²) < 4.78 is 38.9. The number of halogens is 1. The number of sulfonamides is 1. The van der Waals surface area contributed by atoms with Gasteiger partial charge in [0.2, 0.25) is 10.0 Å². The van der Waals surface area contributed by atoms with E-state index in [0.717, 1.165) is 31.0 Å². The van der Waals surface area contributed by atoms with Crippen molar-refractivity contribution < 1.29 is 17.9 Å². The van der Waals surface area contributed by atoms with Crippen LogP contribution >= 0.6 is 0 Å². The molecule has 0 radical (unpaired) electrons. The first kappa shape index (κ1) is 13.3. The molecule has 1 saturated carbocycles. The third kappa shape index (κ3) is 2.98. The minimum Gasteiger partial charge on any atom is -0.396 e. The number of aliphatic hydroxyl groups is 1. The number of nitrogens with one attached hydrogen (secondary N) is 1. The quantitative estimate of drug-likeness (QED) is 0.680. The molecule has 1 fully saturated rings. The molecule has 5 nitrogen and oxygen atoms in total. The van der Waals surface area contributed by atoms with Crippen molar-refractivity contribution in [1.29, 1.82) is 0 Å². The van der Waals surface area contributed by atoms with Crippen LogP contribution in [0.1, 0.15) is 12.8 Å². The molecule has 1 atom stereocenters. The second kappa shape index (κ2) is 4.83. The smallest absolute Gasteiger partial charge is 0.240 e. The van der Waals surface area contributed by atoms with Crippen LogP contribution in [0.4, 0.5) is 10.1 Å². The Kier molecular flexibility index (Phi) is 3.56. The van der Waals surface area contributed by atoms with Gasteiger partial charge in [-0.25, -0.2) is 17.5 Å². The first-order valence-corrected chi connectivity index (χ1v) is 7.11. The maximum absolute atomic E-state index is 12.9. The van der Waals surface area contributed by atoms with Crippen LogP contribution < -0.4 is 10.5 Å². The van der Waals surface area contributed by atoms with Crippen LogP contribution in [-0.2, 0) is 10.0 Å². The Morgan fingerprint density at radius 1 is 1.50 bits per heavy atom. The predicted octanol–water partition coefficient (Wildman–Crippen LogP) is 0.457. The molecular formula is C11H15FN2O3S. The van der Waals surface area contributed by atoms with E-state index in [-0.39, 0.29) is 23.0 Å². The van der Waals surface area contributed by atoms with E-state index in [1.165, 1.54) is 0 Å². The van der Waals surface area contributed by atoms with Crippen LogP contribution in [0, 0.1) is 11.7 Å². The van der Waals surface area contributed by atoms with Gasteiger partial charge < -0.3 is 10.8 Å². The van der Waals surface area contributed by atoms with Gasteiger partial charge in [0.05, 0.1) is 16.7 Å². The van der Waals surface area contributed by atoms with Crippen LogP contribution in [-0.4, -0.2) is 26.2 Å². The predicted molar refractivity (Wildman–Crippen MR) is 64.7 cm³/mol. The molecule has 7 heteroatoms. The first-order valence-electron chi connectivity index (χ1n) is 5.63. The maximum Gasteiger partial charge on any atom is 0.240 e. The van der Waals surface area contributed by atoms with Crippen molar-refractivity contribution in [3.8, 4) is 0 Å². The molecule has 18 heavy (non-hydrogen) atoms. The van der Waals surface area contributed by atoms with E-state index in [1.807, 2.05) is 0 Å². The van der Waals surface area contributed by atoms with Crippen molar-refractivity contribution in [3.63, 3.8) is 0 Å². The molecule has 0 saturated heterocycles. The summed E-state index contributed by atoms with van der Waals surface area (Å²) >= 11 is 0. The van der Waals surface area contributed by atoms with Crippen LogP contribution in [0.5, 0.6) is 0 Å². The number of anilines is 1. The maximum atomic E-state index is 12.9. The van der Waals surface area contributed by atoms with Gasteiger partial charge in [-0.15, -0.1) is 0 Å². The van der Waals surface area contributed by atoms with Gasteiger partial charge in [0.25, 0.3) is 0 Å². The molecule has 2 rings (SSSR count). The van der Waals surface area contributed by atoms with Crippen LogP contribution in [0.2, 0.25) is 0 Å². The van der Waals surface area contributed by atoms with Crippen molar-refractivity contribution in [3.05, 3.63) is 24.0 Å². The van der Waals surface area contributed by atoms with E-state index in [1.54, 1.807) is 0 Å². The highest BCUT2D eigenvalue weighted by atomic mass is 32.2. The molecule has 1 aliphatic rings. The average Bonchev–Trinajstić information content (AvgIpc) is 3.13. The molecule has 1 aromatic rings. The van der Waals surface area contributed by atoms with Gasteiger partial charge in [0.15, 0.2) is 0 Å². The zero-order valence-electron chi connectivity index (χ0n) is 9.64.